The van der Waals surface area contributed by atoms with Crippen LogP contribution < -0.4 is 5.32 Å². The van der Waals surface area contributed by atoms with Crippen LogP contribution >= 0.6 is 0 Å². The number of nitrogens with one attached hydrogen (secondary N) is 1. The SMILES string of the molecule is CCC(NC(=O)c1ccc(C)c([N+](=O)[O-])c1)c1ccccc1. The Balaban J connectivity index is 2.21. The molecular formula is C17H18N2O3. The molecule has 22 heavy (non-hydrogen) atoms. The maximum atomic E-state index is 12.3. The fourth-order valence-electron chi connectivity index (χ4n) is 2.30. The van der Waals surface area contributed by atoms with Crippen molar-refractivity contribution in [1.29, 1.82) is 0 Å². The van der Waals surface area contributed by atoms with Crippen molar-refractivity contribution in [3.8, 4) is 0 Å². The fraction of sp³-hybridized carbons (Fsp3) is 0.235. The molecule has 0 bridgehead atoms. The van der Waals surface area contributed by atoms with E-state index >= 15 is 0 Å². The average molecular weight is 298 g/mol. The van der Waals surface area contributed by atoms with Crippen LogP contribution in [0.5, 0.6) is 0 Å². The van der Waals surface area contributed by atoms with Crippen molar-refractivity contribution in [2.45, 2.75) is 26.3 Å². The van der Waals surface area contributed by atoms with Gasteiger partial charge in [-0.05, 0) is 25.0 Å². The largest absolute Gasteiger partial charge is 0.345 e. The molecule has 0 aliphatic rings. The van der Waals surface area contributed by atoms with Gasteiger partial charge >= 0.3 is 0 Å². The maximum absolute atomic E-state index is 12.3. The molecule has 2 rings (SSSR count). The highest BCUT2D eigenvalue weighted by molar-refractivity contribution is 5.95. The summed E-state index contributed by atoms with van der Waals surface area (Å²) in [7, 11) is 0. The van der Waals surface area contributed by atoms with Crippen LogP contribution in [0.3, 0.4) is 0 Å². The number of carbonyl (C=O) groups excluding carboxylic acids is 1. The van der Waals surface area contributed by atoms with E-state index < -0.39 is 4.92 Å². The summed E-state index contributed by atoms with van der Waals surface area (Å²) >= 11 is 0. The van der Waals surface area contributed by atoms with Crippen LogP contribution in [0, 0.1) is 17.0 Å². The topological polar surface area (TPSA) is 72.2 Å². The van der Waals surface area contributed by atoms with Crippen molar-refractivity contribution in [1.82, 2.24) is 5.32 Å². The van der Waals surface area contributed by atoms with Crippen molar-refractivity contribution in [3.63, 3.8) is 0 Å². The number of rotatable bonds is 5. The van der Waals surface area contributed by atoms with Gasteiger partial charge in [0.15, 0.2) is 0 Å². The Hall–Kier alpha value is -2.69. The molecule has 0 saturated heterocycles. The first-order chi connectivity index (χ1) is 10.5. The van der Waals surface area contributed by atoms with Crippen molar-refractivity contribution in [2.24, 2.45) is 0 Å². The zero-order valence-corrected chi connectivity index (χ0v) is 12.6. The van der Waals surface area contributed by atoms with Crippen LogP contribution in [-0.2, 0) is 0 Å². The lowest BCUT2D eigenvalue weighted by Gasteiger charge is -2.17. The van der Waals surface area contributed by atoms with Gasteiger partial charge in [0.25, 0.3) is 11.6 Å². The van der Waals surface area contributed by atoms with E-state index in [1.807, 2.05) is 37.3 Å². The van der Waals surface area contributed by atoms with E-state index in [-0.39, 0.29) is 17.6 Å². The summed E-state index contributed by atoms with van der Waals surface area (Å²) < 4.78 is 0. The second-order valence-electron chi connectivity index (χ2n) is 5.10. The highest BCUT2D eigenvalue weighted by atomic mass is 16.6. The molecule has 0 aliphatic carbocycles. The van der Waals surface area contributed by atoms with Gasteiger partial charge in [-0.15, -0.1) is 0 Å². The van der Waals surface area contributed by atoms with E-state index in [9.17, 15) is 14.9 Å². The van der Waals surface area contributed by atoms with Gasteiger partial charge in [0.2, 0.25) is 0 Å². The number of aryl methyl sites for hydroxylation is 1. The Morgan fingerprint density at radius 1 is 1.23 bits per heavy atom. The Morgan fingerprint density at radius 2 is 1.91 bits per heavy atom. The molecule has 1 unspecified atom stereocenters. The predicted octanol–water partition coefficient (Wildman–Crippen LogP) is 3.78. The van der Waals surface area contributed by atoms with E-state index in [2.05, 4.69) is 5.32 Å². The molecule has 2 aromatic rings. The van der Waals surface area contributed by atoms with Gasteiger partial charge in [-0.1, -0.05) is 43.3 Å². The quantitative estimate of drug-likeness (QED) is 0.674. The first-order valence-electron chi connectivity index (χ1n) is 7.13. The van der Waals surface area contributed by atoms with Crippen molar-refractivity contribution in [2.75, 3.05) is 0 Å². The summed E-state index contributed by atoms with van der Waals surface area (Å²) in [4.78, 5) is 22.8. The number of nitro benzene ring substituents is 1. The number of amides is 1. The highest BCUT2D eigenvalue weighted by Gasteiger charge is 2.17. The zero-order valence-electron chi connectivity index (χ0n) is 12.6. The minimum absolute atomic E-state index is 0.0413. The Kier molecular flexibility index (Phi) is 4.88. The third kappa shape index (κ3) is 3.49. The predicted molar refractivity (Wildman–Crippen MR) is 84.8 cm³/mol. The molecule has 0 spiro atoms. The molecule has 0 heterocycles. The summed E-state index contributed by atoms with van der Waals surface area (Å²) in [5, 5.41) is 13.9. The van der Waals surface area contributed by atoms with E-state index in [0.717, 1.165) is 12.0 Å². The van der Waals surface area contributed by atoms with Gasteiger partial charge in [0.1, 0.15) is 0 Å². The molecule has 0 fully saturated rings. The minimum Gasteiger partial charge on any atom is -0.345 e. The molecular weight excluding hydrogens is 280 g/mol. The molecule has 5 heteroatoms. The van der Waals surface area contributed by atoms with E-state index in [1.54, 1.807) is 19.1 Å². The van der Waals surface area contributed by atoms with Crippen LogP contribution in [0.1, 0.15) is 40.9 Å². The molecule has 1 N–H and O–H groups in total. The fourth-order valence-corrected chi connectivity index (χ4v) is 2.30. The third-order valence-corrected chi connectivity index (χ3v) is 3.58. The van der Waals surface area contributed by atoms with Gasteiger partial charge < -0.3 is 5.32 Å². The number of carbonyl (C=O) groups is 1. The third-order valence-electron chi connectivity index (χ3n) is 3.58. The molecule has 1 atom stereocenters. The van der Waals surface area contributed by atoms with Crippen LogP contribution in [0.4, 0.5) is 5.69 Å². The Labute approximate surface area is 129 Å². The van der Waals surface area contributed by atoms with Crippen molar-refractivity contribution in [3.05, 3.63) is 75.3 Å². The maximum Gasteiger partial charge on any atom is 0.273 e. The van der Waals surface area contributed by atoms with Crippen LogP contribution in [-0.4, -0.2) is 10.8 Å². The number of benzene rings is 2. The summed E-state index contributed by atoms with van der Waals surface area (Å²) in [6.07, 6.45) is 0.740. The number of nitro groups is 1. The van der Waals surface area contributed by atoms with Crippen molar-refractivity contribution < 1.29 is 9.72 Å². The molecule has 114 valence electrons. The molecule has 0 aliphatic heterocycles. The number of nitrogens with zero attached hydrogens (tertiary/aromatic N) is 1. The lowest BCUT2D eigenvalue weighted by Crippen LogP contribution is -2.28. The van der Waals surface area contributed by atoms with E-state index in [4.69, 9.17) is 0 Å². The second kappa shape index (κ2) is 6.85. The summed E-state index contributed by atoms with van der Waals surface area (Å²) in [5.74, 6) is -0.307. The number of hydrogen-bond acceptors (Lipinski definition) is 3. The average Bonchev–Trinajstić information content (AvgIpc) is 2.53. The van der Waals surface area contributed by atoms with Gasteiger partial charge in [-0.3, -0.25) is 14.9 Å². The molecule has 0 saturated carbocycles. The van der Waals surface area contributed by atoms with Gasteiger partial charge in [0, 0.05) is 17.2 Å². The molecule has 2 aromatic carbocycles. The summed E-state index contributed by atoms with van der Waals surface area (Å²) in [6, 6.07) is 14.1. The monoisotopic (exact) mass is 298 g/mol. The molecule has 5 nitrogen and oxygen atoms in total. The van der Waals surface area contributed by atoms with Gasteiger partial charge in [0.05, 0.1) is 11.0 Å². The van der Waals surface area contributed by atoms with Crippen molar-refractivity contribution >= 4 is 11.6 Å². The van der Waals surface area contributed by atoms with Crippen LogP contribution in [0.15, 0.2) is 48.5 Å². The first kappa shape index (κ1) is 15.7. The molecule has 0 radical (unpaired) electrons. The summed E-state index contributed by atoms with van der Waals surface area (Å²) in [5.41, 5.74) is 1.81. The lowest BCUT2D eigenvalue weighted by molar-refractivity contribution is -0.385. The Morgan fingerprint density at radius 3 is 2.50 bits per heavy atom. The second-order valence-corrected chi connectivity index (χ2v) is 5.10. The first-order valence-corrected chi connectivity index (χ1v) is 7.13. The van der Waals surface area contributed by atoms with E-state index in [1.165, 1.54) is 6.07 Å². The minimum atomic E-state index is -0.472. The smallest absolute Gasteiger partial charge is 0.273 e. The van der Waals surface area contributed by atoms with E-state index in [0.29, 0.717) is 11.1 Å². The Bertz CT molecular complexity index is 684. The van der Waals surface area contributed by atoms with Crippen LogP contribution in [0.2, 0.25) is 0 Å². The molecule has 0 aromatic heterocycles. The van der Waals surface area contributed by atoms with Crippen LogP contribution in [0.25, 0.3) is 0 Å². The lowest BCUT2D eigenvalue weighted by atomic mass is 10.0. The standard InChI is InChI=1S/C17H18N2O3/c1-3-15(13-7-5-4-6-8-13)18-17(20)14-10-9-12(2)16(11-14)19(21)22/h4-11,15H,3H2,1-2H3,(H,18,20). The van der Waals surface area contributed by atoms with Gasteiger partial charge in [-0.25, -0.2) is 0 Å². The highest BCUT2D eigenvalue weighted by Crippen LogP contribution is 2.21. The molecule has 1 amide bonds. The van der Waals surface area contributed by atoms with Gasteiger partial charge in [-0.2, -0.15) is 0 Å². The number of hydrogen-bond donors (Lipinski definition) is 1. The normalized spacial score (nSPS) is 11.7. The summed E-state index contributed by atoms with van der Waals surface area (Å²) in [6.45, 7) is 3.63. The zero-order chi connectivity index (χ0) is 16.1.